The van der Waals surface area contributed by atoms with Gasteiger partial charge in [-0.05, 0) is 43.7 Å². The van der Waals surface area contributed by atoms with E-state index in [4.69, 9.17) is 4.74 Å². The molecule has 0 radical (unpaired) electrons. The lowest BCUT2D eigenvalue weighted by Crippen LogP contribution is -2.39. The van der Waals surface area contributed by atoms with Crippen molar-refractivity contribution in [2.75, 3.05) is 25.5 Å². The number of likely N-dealkylation sites (N-methyl/N-ethyl adjacent to an activating group) is 1. The number of benzene rings is 2. The summed E-state index contributed by atoms with van der Waals surface area (Å²) in [6.07, 6.45) is -0.506. The van der Waals surface area contributed by atoms with Gasteiger partial charge in [0.15, 0.2) is 6.10 Å². The molecule has 0 spiro atoms. The van der Waals surface area contributed by atoms with Gasteiger partial charge in [-0.25, -0.2) is 0 Å². The number of para-hydroxylation sites is 1. The highest BCUT2D eigenvalue weighted by Crippen LogP contribution is 2.16. The predicted octanol–water partition coefficient (Wildman–Crippen LogP) is 3.57. The minimum absolute atomic E-state index is 0.00182. The lowest BCUT2D eigenvalue weighted by atomic mass is 10.1. The largest absolute Gasteiger partial charge is 0.481 e. The van der Waals surface area contributed by atoms with Crippen LogP contribution in [0.3, 0.4) is 0 Å². The van der Waals surface area contributed by atoms with Crippen LogP contribution >= 0.6 is 0 Å². The number of anilines is 1. The summed E-state index contributed by atoms with van der Waals surface area (Å²) in [7, 11) is 4.03. The average Bonchev–Trinajstić information content (AvgIpc) is 2.60. The van der Waals surface area contributed by atoms with Gasteiger partial charge in [-0.15, -0.1) is 0 Å². The molecule has 0 aliphatic heterocycles. The second-order valence-corrected chi connectivity index (χ2v) is 5.99. The molecular formula is C20H26N2O2. The Balaban J connectivity index is 2.00. The minimum Gasteiger partial charge on any atom is -0.481 e. The lowest BCUT2D eigenvalue weighted by molar-refractivity contribution is -0.138. The predicted molar refractivity (Wildman–Crippen MR) is 98.4 cm³/mol. The van der Waals surface area contributed by atoms with Crippen LogP contribution in [-0.2, 0) is 11.3 Å². The highest BCUT2D eigenvalue weighted by atomic mass is 16.5. The third kappa shape index (κ3) is 4.75. The highest BCUT2D eigenvalue weighted by molar-refractivity contribution is 5.80. The first-order valence-corrected chi connectivity index (χ1v) is 8.28. The normalized spacial score (nSPS) is 11.7. The van der Waals surface area contributed by atoms with Gasteiger partial charge in [0.1, 0.15) is 5.75 Å². The van der Waals surface area contributed by atoms with Gasteiger partial charge in [0.25, 0.3) is 5.91 Å². The fraction of sp³-hybridized carbons (Fsp3) is 0.350. The molecule has 4 heteroatoms. The smallest absolute Gasteiger partial charge is 0.263 e. The van der Waals surface area contributed by atoms with E-state index < -0.39 is 6.10 Å². The van der Waals surface area contributed by atoms with Crippen molar-refractivity contribution in [2.24, 2.45) is 0 Å². The third-order valence-electron chi connectivity index (χ3n) is 3.92. The third-order valence-corrected chi connectivity index (χ3v) is 3.92. The molecule has 4 nitrogen and oxygen atoms in total. The summed E-state index contributed by atoms with van der Waals surface area (Å²) in [5.41, 5.74) is 2.26. The Bertz CT molecular complexity index is 638. The Labute approximate surface area is 144 Å². The van der Waals surface area contributed by atoms with E-state index in [1.807, 2.05) is 56.3 Å². The Morgan fingerprint density at radius 3 is 2.21 bits per heavy atom. The Morgan fingerprint density at radius 2 is 1.67 bits per heavy atom. The monoisotopic (exact) mass is 326 g/mol. The molecule has 1 amide bonds. The molecule has 0 bridgehead atoms. The molecule has 1 unspecified atom stereocenters. The fourth-order valence-corrected chi connectivity index (χ4v) is 2.48. The molecule has 1 atom stereocenters. The van der Waals surface area contributed by atoms with E-state index in [-0.39, 0.29) is 5.91 Å². The minimum atomic E-state index is -0.506. The van der Waals surface area contributed by atoms with Crippen LogP contribution in [0.25, 0.3) is 0 Å². The van der Waals surface area contributed by atoms with E-state index in [0.29, 0.717) is 18.8 Å². The van der Waals surface area contributed by atoms with Crippen LogP contribution in [0.2, 0.25) is 0 Å². The van der Waals surface area contributed by atoms with Crippen molar-refractivity contribution in [3.8, 4) is 5.75 Å². The van der Waals surface area contributed by atoms with Crippen molar-refractivity contribution >= 4 is 11.6 Å². The summed E-state index contributed by atoms with van der Waals surface area (Å²) in [5, 5.41) is 0. The van der Waals surface area contributed by atoms with Crippen molar-refractivity contribution in [1.82, 2.24) is 4.90 Å². The molecule has 0 heterocycles. The van der Waals surface area contributed by atoms with E-state index >= 15 is 0 Å². The first-order chi connectivity index (χ1) is 11.5. The second kappa shape index (κ2) is 8.39. The summed E-state index contributed by atoms with van der Waals surface area (Å²) in [5.74, 6) is 0.711. The van der Waals surface area contributed by atoms with Crippen LogP contribution in [0.5, 0.6) is 5.75 Å². The van der Waals surface area contributed by atoms with Crippen molar-refractivity contribution in [3.63, 3.8) is 0 Å². The number of hydrogen-bond donors (Lipinski definition) is 0. The first kappa shape index (κ1) is 17.9. The molecule has 0 N–H and O–H groups in total. The number of amides is 1. The van der Waals surface area contributed by atoms with Gasteiger partial charge in [0.2, 0.25) is 0 Å². The van der Waals surface area contributed by atoms with Crippen LogP contribution in [0.1, 0.15) is 19.4 Å². The van der Waals surface area contributed by atoms with E-state index in [2.05, 4.69) is 29.2 Å². The van der Waals surface area contributed by atoms with Crippen molar-refractivity contribution < 1.29 is 9.53 Å². The van der Waals surface area contributed by atoms with Gasteiger partial charge in [0, 0.05) is 32.9 Å². The van der Waals surface area contributed by atoms with E-state index in [1.54, 1.807) is 6.92 Å². The molecule has 2 rings (SSSR count). The lowest BCUT2D eigenvalue weighted by Gasteiger charge is -2.25. The zero-order chi connectivity index (χ0) is 17.5. The maximum atomic E-state index is 12.7. The van der Waals surface area contributed by atoms with Crippen LogP contribution in [0.15, 0.2) is 54.6 Å². The maximum Gasteiger partial charge on any atom is 0.263 e. The number of nitrogens with zero attached hydrogens (tertiary/aromatic N) is 2. The topological polar surface area (TPSA) is 32.8 Å². The Morgan fingerprint density at radius 1 is 1.04 bits per heavy atom. The summed E-state index contributed by atoms with van der Waals surface area (Å²) in [6, 6.07) is 17.7. The van der Waals surface area contributed by atoms with Crippen molar-refractivity contribution in [1.29, 1.82) is 0 Å². The van der Waals surface area contributed by atoms with Crippen molar-refractivity contribution in [2.45, 2.75) is 26.5 Å². The quantitative estimate of drug-likeness (QED) is 0.780. The zero-order valence-corrected chi connectivity index (χ0v) is 14.9. The van der Waals surface area contributed by atoms with Gasteiger partial charge in [-0.2, -0.15) is 0 Å². The molecular weight excluding hydrogens is 300 g/mol. The summed E-state index contributed by atoms with van der Waals surface area (Å²) in [6.45, 7) is 5.02. The number of carbonyl (C=O) groups is 1. The van der Waals surface area contributed by atoms with Gasteiger partial charge in [-0.3, -0.25) is 4.79 Å². The molecule has 0 saturated carbocycles. The summed E-state index contributed by atoms with van der Waals surface area (Å²) >= 11 is 0. The first-order valence-electron chi connectivity index (χ1n) is 8.28. The SMILES string of the molecule is CCN(Cc1ccc(N(C)C)cc1)C(=O)C(C)Oc1ccccc1. The molecule has 128 valence electrons. The van der Waals surface area contributed by atoms with E-state index in [1.165, 1.54) is 0 Å². The zero-order valence-electron chi connectivity index (χ0n) is 14.9. The number of ether oxygens (including phenoxy) is 1. The Hall–Kier alpha value is -2.49. The number of rotatable bonds is 7. The molecule has 0 aliphatic rings. The highest BCUT2D eigenvalue weighted by Gasteiger charge is 2.21. The summed E-state index contributed by atoms with van der Waals surface area (Å²) in [4.78, 5) is 16.5. The fourth-order valence-electron chi connectivity index (χ4n) is 2.48. The van der Waals surface area contributed by atoms with Crippen LogP contribution in [-0.4, -0.2) is 37.6 Å². The molecule has 24 heavy (non-hydrogen) atoms. The van der Waals surface area contributed by atoms with Gasteiger partial charge >= 0.3 is 0 Å². The summed E-state index contributed by atoms with van der Waals surface area (Å²) < 4.78 is 5.75. The van der Waals surface area contributed by atoms with Crippen LogP contribution < -0.4 is 9.64 Å². The van der Waals surface area contributed by atoms with Gasteiger partial charge < -0.3 is 14.5 Å². The van der Waals surface area contributed by atoms with Gasteiger partial charge in [0.05, 0.1) is 0 Å². The van der Waals surface area contributed by atoms with Crippen LogP contribution in [0.4, 0.5) is 5.69 Å². The number of hydrogen-bond acceptors (Lipinski definition) is 3. The average molecular weight is 326 g/mol. The maximum absolute atomic E-state index is 12.7. The Kier molecular flexibility index (Phi) is 6.24. The molecule has 2 aromatic rings. The molecule has 0 aromatic heterocycles. The standard InChI is InChI=1S/C20H26N2O2/c1-5-22(15-17-11-13-18(14-12-17)21(3)4)20(23)16(2)24-19-9-7-6-8-10-19/h6-14,16H,5,15H2,1-4H3. The molecule has 2 aromatic carbocycles. The van der Waals surface area contributed by atoms with E-state index in [9.17, 15) is 4.79 Å². The van der Waals surface area contributed by atoms with Crippen LogP contribution in [0, 0.1) is 0 Å². The molecule has 0 saturated heterocycles. The van der Waals surface area contributed by atoms with E-state index in [0.717, 1.165) is 11.3 Å². The second-order valence-electron chi connectivity index (χ2n) is 5.99. The van der Waals surface area contributed by atoms with Gasteiger partial charge in [-0.1, -0.05) is 30.3 Å². The molecule has 0 aliphatic carbocycles. The number of carbonyl (C=O) groups excluding carboxylic acids is 1. The van der Waals surface area contributed by atoms with Crippen molar-refractivity contribution in [3.05, 3.63) is 60.2 Å². The molecule has 0 fully saturated rings.